The Morgan fingerprint density at radius 3 is 3.06 bits per heavy atom. The smallest absolute Gasteiger partial charge is 0.306 e. The van der Waals surface area contributed by atoms with E-state index in [1.807, 2.05) is 0 Å². The summed E-state index contributed by atoms with van der Waals surface area (Å²) >= 11 is 0. The third-order valence-electron chi connectivity index (χ3n) is 2.97. The topological polar surface area (TPSA) is 73.0 Å². The van der Waals surface area contributed by atoms with Gasteiger partial charge in [-0.3, -0.25) is 14.8 Å². The lowest BCUT2D eigenvalue weighted by Gasteiger charge is -2.11. The number of hydrogen-bond acceptors (Lipinski definition) is 4. The first-order chi connectivity index (χ1) is 7.66. The first-order valence-electron chi connectivity index (χ1n) is 5.57. The predicted octanol–water partition coefficient (Wildman–Crippen LogP) is 1.18. The summed E-state index contributed by atoms with van der Waals surface area (Å²) in [5.74, 6) is 0.826. The zero-order chi connectivity index (χ0) is 11.5. The molecule has 1 heterocycles. The van der Waals surface area contributed by atoms with Crippen LogP contribution in [-0.2, 0) is 6.54 Å². The highest BCUT2D eigenvalue weighted by molar-refractivity contribution is 5.20. The van der Waals surface area contributed by atoms with Crippen LogP contribution in [0.2, 0.25) is 0 Å². The molecule has 0 saturated heterocycles. The molecule has 0 radical (unpaired) electrons. The molecule has 0 aromatic carbocycles. The maximum Gasteiger partial charge on any atom is 0.306 e. The minimum Gasteiger partial charge on any atom is -0.312 e. The van der Waals surface area contributed by atoms with E-state index in [1.165, 1.54) is 25.2 Å². The zero-order valence-corrected chi connectivity index (χ0v) is 9.30. The summed E-state index contributed by atoms with van der Waals surface area (Å²) in [4.78, 5) is 10.0. The minimum absolute atomic E-state index is 0.0511. The van der Waals surface area contributed by atoms with Gasteiger partial charge in [0.15, 0.2) is 0 Å². The molecule has 0 aliphatic heterocycles. The molecule has 1 aliphatic carbocycles. The molecule has 1 atom stereocenters. The number of nitrogens with one attached hydrogen (secondary N) is 1. The van der Waals surface area contributed by atoms with Crippen LogP contribution >= 0.6 is 0 Å². The highest BCUT2D eigenvalue weighted by Crippen LogP contribution is 2.32. The van der Waals surface area contributed by atoms with Crippen molar-refractivity contribution in [2.45, 2.75) is 32.4 Å². The molecule has 2 rings (SSSR count). The van der Waals surface area contributed by atoms with Crippen LogP contribution in [-0.4, -0.2) is 27.3 Å². The number of nitrogens with zero attached hydrogens (tertiary/aromatic N) is 3. The maximum atomic E-state index is 10.4. The molecule has 1 fully saturated rings. The van der Waals surface area contributed by atoms with Crippen LogP contribution in [0, 0.1) is 16.0 Å². The van der Waals surface area contributed by atoms with Crippen LogP contribution in [0.1, 0.15) is 19.8 Å². The summed E-state index contributed by atoms with van der Waals surface area (Å²) < 4.78 is 1.60. The fourth-order valence-corrected chi connectivity index (χ4v) is 1.74. The zero-order valence-electron chi connectivity index (χ0n) is 9.30. The van der Waals surface area contributed by atoms with Crippen LogP contribution in [0.15, 0.2) is 12.4 Å². The maximum absolute atomic E-state index is 10.4. The molecule has 1 aromatic heterocycles. The minimum atomic E-state index is -0.427. The van der Waals surface area contributed by atoms with E-state index in [1.54, 1.807) is 4.68 Å². The molecule has 0 amide bonds. The molecule has 1 saturated carbocycles. The Bertz CT molecular complexity index is 373. The number of rotatable bonds is 6. The summed E-state index contributed by atoms with van der Waals surface area (Å²) in [6, 6.07) is 0.547. The van der Waals surface area contributed by atoms with Gasteiger partial charge in [-0.15, -0.1) is 0 Å². The molecule has 1 N–H and O–H groups in total. The highest BCUT2D eigenvalue weighted by atomic mass is 16.6. The SMILES string of the molecule is CC(NCCn1cc([N+](=O)[O-])cn1)C1CC1. The Kier molecular flexibility index (Phi) is 3.19. The quantitative estimate of drug-likeness (QED) is 0.581. The van der Waals surface area contributed by atoms with Crippen LogP contribution < -0.4 is 5.32 Å². The second-order valence-corrected chi connectivity index (χ2v) is 4.30. The third-order valence-corrected chi connectivity index (χ3v) is 2.97. The molecule has 6 nitrogen and oxygen atoms in total. The largest absolute Gasteiger partial charge is 0.312 e. The summed E-state index contributed by atoms with van der Waals surface area (Å²) in [5.41, 5.74) is 0.0511. The van der Waals surface area contributed by atoms with Crippen molar-refractivity contribution in [2.75, 3.05) is 6.54 Å². The molecular weight excluding hydrogens is 208 g/mol. The van der Waals surface area contributed by atoms with E-state index in [4.69, 9.17) is 0 Å². The highest BCUT2D eigenvalue weighted by Gasteiger charge is 2.27. The first kappa shape index (κ1) is 11.1. The average molecular weight is 224 g/mol. The summed E-state index contributed by atoms with van der Waals surface area (Å²) in [6.07, 6.45) is 5.39. The Morgan fingerprint density at radius 1 is 1.75 bits per heavy atom. The standard InChI is InChI=1S/C10H16N4O2/c1-8(9-2-3-9)11-4-5-13-7-10(6-12-13)14(15)16/h6-9,11H,2-5H2,1H3. The van der Waals surface area contributed by atoms with E-state index < -0.39 is 4.92 Å². The molecule has 1 unspecified atom stereocenters. The third kappa shape index (κ3) is 2.79. The fraction of sp³-hybridized carbons (Fsp3) is 0.700. The lowest BCUT2D eigenvalue weighted by Crippen LogP contribution is -2.31. The van der Waals surface area contributed by atoms with Gasteiger partial charge in [-0.05, 0) is 25.7 Å². The number of nitro groups is 1. The summed E-state index contributed by atoms with van der Waals surface area (Å²) in [6.45, 7) is 3.66. The van der Waals surface area contributed by atoms with Gasteiger partial charge in [0.25, 0.3) is 0 Å². The Balaban J connectivity index is 1.73. The Morgan fingerprint density at radius 2 is 2.50 bits per heavy atom. The monoisotopic (exact) mass is 224 g/mol. The fourth-order valence-electron chi connectivity index (χ4n) is 1.74. The Labute approximate surface area is 93.8 Å². The normalized spacial score (nSPS) is 17.3. The van der Waals surface area contributed by atoms with E-state index in [0.29, 0.717) is 12.6 Å². The number of aromatic nitrogens is 2. The van der Waals surface area contributed by atoms with Crippen molar-refractivity contribution in [1.29, 1.82) is 0 Å². The van der Waals surface area contributed by atoms with Crippen molar-refractivity contribution in [2.24, 2.45) is 5.92 Å². The predicted molar refractivity (Wildman–Crippen MR) is 59.1 cm³/mol. The molecule has 6 heteroatoms. The van der Waals surface area contributed by atoms with E-state index in [-0.39, 0.29) is 5.69 Å². The first-order valence-corrected chi connectivity index (χ1v) is 5.57. The lowest BCUT2D eigenvalue weighted by atomic mass is 10.2. The van der Waals surface area contributed by atoms with Crippen LogP contribution in [0.25, 0.3) is 0 Å². The van der Waals surface area contributed by atoms with Gasteiger partial charge in [0, 0.05) is 12.6 Å². The van der Waals surface area contributed by atoms with E-state index in [9.17, 15) is 10.1 Å². The Hall–Kier alpha value is -1.43. The lowest BCUT2D eigenvalue weighted by molar-refractivity contribution is -0.385. The van der Waals surface area contributed by atoms with Gasteiger partial charge in [-0.1, -0.05) is 0 Å². The van der Waals surface area contributed by atoms with Gasteiger partial charge in [-0.25, -0.2) is 0 Å². The van der Waals surface area contributed by atoms with Gasteiger partial charge < -0.3 is 5.32 Å². The van der Waals surface area contributed by atoms with Gasteiger partial charge in [0.1, 0.15) is 12.4 Å². The van der Waals surface area contributed by atoms with Gasteiger partial charge in [-0.2, -0.15) is 5.10 Å². The van der Waals surface area contributed by atoms with Gasteiger partial charge >= 0.3 is 5.69 Å². The van der Waals surface area contributed by atoms with Crippen molar-refractivity contribution in [1.82, 2.24) is 15.1 Å². The van der Waals surface area contributed by atoms with Crippen molar-refractivity contribution >= 4 is 5.69 Å². The molecule has 0 bridgehead atoms. The molecule has 1 aliphatic rings. The van der Waals surface area contributed by atoms with Crippen molar-refractivity contribution < 1.29 is 4.92 Å². The number of hydrogen-bond donors (Lipinski definition) is 1. The second-order valence-electron chi connectivity index (χ2n) is 4.30. The van der Waals surface area contributed by atoms with Crippen molar-refractivity contribution in [3.05, 3.63) is 22.5 Å². The molecular formula is C10H16N4O2. The second kappa shape index (κ2) is 4.61. The molecule has 1 aromatic rings. The summed E-state index contributed by atoms with van der Waals surface area (Å²) in [5, 5.41) is 17.8. The molecule has 88 valence electrons. The van der Waals surface area contributed by atoms with Gasteiger partial charge in [0.05, 0.1) is 11.5 Å². The van der Waals surface area contributed by atoms with Crippen molar-refractivity contribution in [3.8, 4) is 0 Å². The molecule has 0 spiro atoms. The average Bonchev–Trinajstić information content (AvgIpc) is 2.98. The van der Waals surface area contributed by atoms with Crippen LogP contribution in [0.4, 0.5) is 5.69 Å². The van der Waals surface area contributed by atoms with E-state index in [0.717, 1.165) is 12.5 Å². The van der Waals surface area contributed by atoms with E-state index in [2.05, 4.69) is 17.3 Å². The van der Waals surface area contributed by atoms with Crippen LogP contribution in [0.5, 0.6) is 0 Å². The molecule has 16 heavy (non-hydrogen) atoms. The van der Waals surface area contributed by atoms with E-state index >= 15 is 0 Å². The van der Waals surface area contributed by atoms with Crippen molar-refractivity contribution in [3.63, 3.8) is 0 Å². The van der Waals surface area contributed by atoms with Gasteiger partial charge in [0.2, 0.25) is 0 Å². The van der Waals surface area contributed by atoms with Crippen LogP contribution in [0.3, 0.4) is 0 Å². The summed E-state index contributed by atoms with van der Waals surface area (Å²) in [7, 11) is 0.